The number of benzene rings is 1. The first-order chi connectivity index (χ1) is 10.4. The fourth-order valence-corrected chi connectivity index (χ4v) is 2.50. The molecule has 0 saturated heterocycles. The molecule has 4 nitrogen and oxygen atoms in total. The van der Waals surface area contributed by atoms with Crippen LogP contribution in [-0.2, 0) is 12.1 Å². The molecule has 0 aliphatic heterocycles. The summed E-state index contributed by atoms with van der Waals surface area (Å²) in [5.41, 5.74) is 0.893. The fourth-order valence-electron chi connectivity index (χ4n) is 2.50. The van der Waals surface area contributed by atoms with E-state index in [0.29, 0.717) is 18.7 Å². The summed E-state index contributed by atoms with van der Waals surface area (Å²) in [6.45, 7) is 8.29. The zero-order valence-electron chi connectivity index (χ0n) is 13.6. The first-order valence-corrected chi connectivity index (χ1v) is 7.58. The molecule has 2 aromatic rings. The van der Waals surface area contributed by atoms with Gasteiger partial charge in [-0.15, -0.1) is 0 Å². The molecule has 0 fully saturated rings. The molecule has 0 aliphatic carbocycles. The predicted octanol–water partition coefficient (Wildman–Crippen LogP) is 3.16. The lowest BCUT2D eigenvalue weighted by molar-refractivity contribution is 0.0765. The third-order valence-electron chi connectivity index (χ3n) is 3.61. The number of pyridine rings is 1. The number of aliphatic hydroxyl groups is 1. The standard InChI is InChI=1S/C18H23NO3/c1-5-19-16(12-11-15(17(19)20)18(3,4)21)13-7-9-14(10-8-13)22-6-2/h7-12,21H,5-6H2,1-4H3. The molecular formula is C18H23NO3. The van der Waals surface area contributed by atoms with Crippen LogP contribution in [0.4, 0.5) is 0 Å². The van der Waals surface area contributed by atoms with Gasteiger partial charge in [-0.1, -0.05) is 0 Å². The maximum atomic E-state index is 12.6. The third kappa shape index (κ3) is 3.22. The van der Waals surface area contributed by atoms with Crippen LogP contribution >= 0.6 is 0 Å². The van der Waals surface area contributed by atoms with Crippen LogP contribution in [0.2, 0.25) is 0 Å². The highest BCUT2D eigenvalue weighted by Gasteiger charge is 2.22. The molecule has 0 amide bonds. The number of nitrogens with zero attached hydrogens (tertiary/aromatic N) is 1. The average Bonchev–Trinajstić information content (AvgIpc) is 2.46. The lowest BCUT2D eigenvalue weighted by atomic mass is 9.98. The van der Waals surface area contributed by atoms with Gasteiger partial charge in [0.1, 0.15) is 5.75 Å². The molecular weight excluding hydrogens is 278 g/mol. The molecule has 2 rings (SSSR count). The van der Waals surface area contributed by atoms with Gasteiger partial charge < -0.3 is 14.4 Å². The summed E-state index contributed by atoms with van der Waals surface area (Å²) in [7, 11) is 0. The molecule has 0 spiro atoms. The SMILES string of the molecule is CCOc1ccc(-c2ccc(C(C)(C)O)c(=O)n2CC)cc1. The number of ether oxygens (including phenoxy) is 1. The Balaban J connectivity index is 2.52. The Bertz CT molecular complexity index is 694. The van der Waals surface area contributed by atoms with E-state index in [1.165, 1.54) is 0 Å². The van der Waals surface area contributed by atoms with Crippen molar-refractivity contribution >= 4 is 0 Å². The van der Waals surface area contributed by atoms with Crippen LogP contribution in [0.25, 0.3) is 11.3 Å². The normalized spacial score (nSPS) is 11.5. The number of rotatable bonds is 5. The van der Waals surface area contributed by atoms with Crippen molar-refractivity contribution in [1.29, 1.82) is 0 Å². The van der Waals surface area contributed by atoms with Crippen molar-refractivity contribution in [3.63, 3.8) is 0 Å². The molecule has 0 atom stereocenters. The second kappa shape index (κ2) is 6.36. The third-order valence-corrected chi connectivity index (χ3v) is 3.61. The molecule has 22 heavy (non-hydrogen) atoms. The highest BCUT2D eigenvalue weighted by atomic mass is 16.5. The lowest BCUT2D eigenvalue weighted by Gasteiger charge is -2.20. The molecule has 1 heterocycles. The Morgan fingerprint density at radius 1 is 1.09 bits per heavy atom. The van der Waals surface area contributed by atoms with Gasteiger partial charge in [0.05, 0.1) is 17.9 Å². The van der Waals surface area contributed by atoms with Gasteiger partial charge in [0.15, 0.2) is 0 Å². The summed E-state index contributed by atoms with van der Waals surface area (Å²) in [6, 6.07) is 11.3. The van der Waals surface area contributed by atoms with Gasteiger partial charge in [0, 0.05) is 12.1 Å². The lowest BCUT2D eigenvalue weighted by Crippen LogP contribution is -2.32. The smallest absolute Gasteiger partial charge is 0.257 e. The van der Waals surface area contributed by atoms with Crippen LogP contribution < -0.4 is 10.3 Å². The molecule has 0 saturated carbocycles. The van der Waals surface area contributed by atoms with Gasteiger partial charge in [-0.25, -0.2) is 0 Å². The quantitative estimate of drug-likeness (QED) is 0.923. The van der Waals surface area contributed by atoms with Crippen molar-refractivity contribution in [3.05, 3.63) is 52.3 Å². The highest BCUT2D eigenvalue weighted by molar-refractivity contribution is 5.61. The van der Waals surface area contributed by atoms with Gasteiger partial charge in [-0.2, -0.15) is 0 Å². The Morgan fingerprint density at radius 3 is 2.23 bits per heavy atom. The Labute approximate surface area is 131 Å². The average molecular weight is 301 g/mol. The number of hydrogen-bond donors (Lipinski definition) is 1. The van der Waals surface area contributed by atoms with E-state index >= 15 is 0 Å². The number of hydrogen-bond acceptors (Lipinski definition) is 3. The second-order valence-corrected chi connectivity index (χ2v) is 5.70. The molecule has 4 heteroatoms. The molecule has 0 unspecified atom stereocenters. The summed E-state index contributed by atoms with van der Waals surface area (Å²) >= 11 is 0. The summed E-state index contributed by atoms with van der Waals surface area (Å²) in [6.07, 6.45) is 0. The minimum atomic E-state index is -1.15. The molecule has 0 radical (unpaired) electrons. The summed E-state index contributed by atoms with van der Waals surface area (Å²) < 4.78 is 7.12. The van der Waals surface area contributed by atoms with E-state index in [4.69, 9.17) is 4.74 Å². The summed E-state index contributed by atoms with van der Waals surface area (Å²) in [5.74, 6) is 0.810. The topological polar surface area (TPSA) is 51.5 Å². The Kier molecular flexibility index (Phi) is 4.71. The Hall–Kier alpha value is -2.07. The van der Waals surface area contributed by atoms with Gasteiger partial charge in [-0.05, 0) is 69.7 Å². The molecule has 0 aliphatic rings. The molecule has 0 bridgehead atoms. The van der Waals surface area contributed by atoms with Crippen LogP contribution in [0.3, 0.4) is 0 Å². The molecule has 118 valence electrons. The number of aromatic nitrogens is 1. The zero-order chi connectivity index (χ0) is 16.3. The van der Waals surface area contributed by atoms with E-state index in [1.54, 1.807) is 24.5 Å². The van der Waals surface area contributed by atoms with Gasteiger partial charge in [0.25, 0.3) is 5.56 Å². The van der Waals surface area contributed by atoms with Crippen molar-refractivity contribution in [2.24, 2.45) is 0 Å². The molecule has 1 N–H and O–H groups in total. The van der Waals surface area contributed by atoms with E-state index in [9.17, 15) is 9.90 Å². The highest BCUT2D eigenvalue weighted by Crippen LogP contribution is 2.24. The van der Waals surface area contributed by atoms with Crippen molar-refractivity contribution in [3.8, 4) is 17.0 Å². The van der Waals surface area contributed by atoms with Crippen molar-refractivity contribution in [2.75, 3.05) is 6.61 Å². The fraction of sp³-hybridized carbons (Fsp3) is 0.389. The minimum Gasteiger partial charge on any atom is -0.494 e. The van der Waals surface area contributed by atoms with E-state index in [1.807, 2.05) is 44.2 Å². The Morgan fingerprint density at radius 2 is 1.73 bits per heavy atom. The van der Waals surface area contributed by atoms with Gasteiger partial charge in [0.2, 0.25) is 0 Å². The molecule has 1 aromatic heterocycles. The largest absolute Gasteiger partial charge is 0.494 e. The first kappa shape index (κ1) is 16.3. The molecule has 1 aromatic carbocycles. The van der Waals surface area contributed by atoms with E-state index in [-0.39, 0.29) is 5.56 Å². The minimum absolute atomic E-state index is 0.151. The second-order valence-electron chi connectivity index (χ2n) is 5.70. The van der Waals surface area contributed by atoms with Crippen LogP contribution in [0.15, 0.2) is 41.2 Å². The van der Waals surface area contributed by atoms with Crippen molar-refractivity contribution in [1.82, 2.24) is 4.57 Å². The maximum absolute atomic E-state index is 12.6. The van der Waals surface area contributed by atoms with E-state index in [2.05, 4.69) is 0 Å². The van der Waals surface area contributed by atoms with E-state index < -0.39 is 5.60 Å². The van der Waals surface area contributed by atoms with E-state index in [0.717, 1.165) is 17.0 Å². The van der Waals surface area contributed by atoms with Crippen LogP contribution in [0.5, 0.6) is 5.75 Å². The monoisotopic (exact) mass is 301 g/mol. The first-order valence-electron chi connectivity index (χ1n) is 7.58. The predicted molar refractivity (Wildman–Crippen MR) is 88.2 cm³/mol. The van der Waals surface area contributed by atoms with Gasteiger partial charge in [-0.3, -0.25) is 4.79 Å². The van der Waals surface area contributed by atoms with Crippen molar-refractivity contribution < 1.29 is 9.84 Å². The van der Waals surface area contributed by atoms with Crippen LogP contribution in [-0.4, -0.2) is 16.3 Å². The summed E-state index contributed by atoms with van der Waals surface area (Å²) in [4.78, 5) is 12.6. The van der Waals surface area contributed by atoms with Crippen LogP contribution in [0, 0.1) is 0 Å². The maximum Gasteiger partial charge on any atom is 0.257 e. The van der Waals surface area contributed by atoms with Crippen LogP contribution in [0.1, 0.15) is 33.3 Å². The zero-order valence-corrected chi connectivity index (χ0v) is 13.6. The van der Waals surface area contributed by atoms with Gasteiger partial charge >= 0.3 is 0 Å². The van der Waals surface area contributed by atoms with Crippen molar-refractivity contribution in [2.45, 2.75) is 39.8 Å². The summed E-state index contributed by atoms with van der Waals surface area (Å²) in [5, 5.41) is 10.1.